The van der Waals surface area contributed by atoms with Crippen molar-refractivity contribution in [3.05, 3.63) is 64.5 Å². The zero-order valence-corrected chi connectivity index (χ0v) is 18.6. The van der Waals surface area contributed by atoms with Crippen molar-refractivity contribution in [2.75, 3.05) is 38.1 Å². The average Bonchev–Trinajstić information content (AvgIpc) is 3.42. The van der Waals surface area contributed by atoms with Gasteiger partial charge in [-0.3, -0.25) is 14.5 Å². The van der Waals surface area contributed by atoms with Crippen LogP contribution in [0, 0.1) is 0 Å². The van der Waals surface area contributed by atoms with Crippen LogP contribution in [0.25, 0.3) is 10.1 Å². The van der Waals surface area contributed by atoms with Crippen LogP contribution < -0.4 is 10.2 Å². The molecule has 31 heavy (non-hydrogen) atoms. The maximum absolute atomic E-state index is 13.2. The minimum Gasteiger partial charge on any atom is -0.354 e. The second-order valence-corrected chi connectivity index (χ2v) is 9.47. The first-order valence-electron chi connectivity index (χ1n) is 11.0. The molecule has 0 radical (unpaired) electrons. The second kappa shape index (κ2) is 8.44. The highest BCUT2D eigenvalue weighted by Crippen LogP contribution is 2.40. The fourth-order valence-corrected chi connectivity index (χ4v) is 6.27. The van der Waals surface area contributed by atoms with E-state index in [2.05, 4.69) is 34.5 Å². The van der Waals surface area contributed by atoms with Gasteiger partial charge >= 0.3 is 0 Å². The Morgan fingerprint density at radius 1 is 1.10 bits per heavy atom. The number of thiophene rings is 1. The van der Waals surface area contributed by atoms with E-state index in [0.29, 0.717) is 6.54 Å². The number of para-hydroxylation sites is 1. The summed E-state index contributed by atoms with van der Waals surface area (Å²) in [6.45, 7) is 2.92. The number of rotatable bonds is 4. The van der Waals surface area contributed by atoms with Gasteiger partial charge in [0, 0.05) is 36.4 Å². The SMILES string of the molecule is CNC(=O)c1sc2ccccc2c1[C@H]1CCN(CC(=O)N2CCCc3ccccc32)C1. The maximum Gasteiger partial charge on any atom is 0.261 e. The van der Waals surface area contributed by atoms with Gasteiger partial charge in [-0.05, 0) is 54.5 Å². The lowest BCUT2D eigenvalue weighted by Gasteiger charge is -2.31. The van der Waals surface area contributed by atoms with E-state index in [0.717, 1.165) is 59.7 Å². The van der Waals surface area contributed by atoms with Crippen molar-refractivity contribution < 1.29 is 9.59 Å². The van der Waals surface area contributed by atoms with Crippen LogP contribution in [-0.2, 0) is 11.2 Å². The van der Waals surface area contributed by atoms with Crippen molar-refractivity contribution in [2.45, 2.75) is 25.2 Å². The molecular weight excluding hydrogens is 406 g/mol. The molecule has 2 aromatic carbocycles. The zero-order chi connectivity index (χ0) is 21.4. The fourth-order valence-electron chi connectivity index (χ4n) is 5.03. The molecule has 0 unspecified atom stereocenters. The monoisotopic (exact) mass is 433 g/mol. The Bertz CT molecular complexity index is 1140. The molecule has 0 saturated carbocycles. The molecule has 1 fully saturated rings. The molecule has 1 saturated heterocycles. The molecule has 0 spiro atoms. The number of nitrogens with one attached hydrogen (secondary N) is 1. The van der Waals surface area contributed by atoms with Gasteiger partial charge < -0.3 is 10.2 Å². The summed E-state index contributed by atoms with van der Waals surface area (Å²) in [5, 5.41) is 3.97. The lowest BCUT2D eigenvalue weighted by Crippen LogP contribution is -2.42. The Morgan fingerprint density at radius 3 is 2.77 bits per heavy atom. The van der Waals surface area contributed by atoms with Crippen LogP contribution >= 0.6 is 11.3 Å². The summed E-state index contributed by atoms with van der Waals surface area (Å²) >= 11 is 1.57. The van der Waals surface area contributed by atoms with Crippen LogP contribution in [0.1, 0.15) is 39.6 Å². The van der Waals surface area contributed by atoms with Gasteiger partial charge in [-0.15, -0.1) is 11.3 Å². The standard InChI is InChI=1S/C25H27N3O2S/c1-26-25(30)24-23(19-9-3-5-11-21(19)31-24)18-12-14-27(15-18)16-22(29)28-13-6-8-17-7-2-4-10-20(17)28/h2-5,7,9-11,18H,6,8,12-16H2,1H3,(H,26,30)/t18-/m0/s1. The van der Waals surface area contributed by atoms with E-state index >= 15 is 0 Å². The average molecular weight is 434 g/mol. The summed E-state index contributed by atoms with van der Waals surface area (Å²) in [7, 11) is 1.69. The first-order chi connectivity index (χ1) is 15.2. The molecule has 1 aromatic heterocycles. The number of carbonyl (C=O) groups is 2. The van der Waals surface area contributed by atoms with Gasteiger partial charge in [-0.2, -0.15) is 0 Å². The molecule has 2 aliphatic heterocycles. The number of hydrogen-bond acceptors (Lipinski definition) is 4. The highest BCUT2D eigenvalue weighted by atomic mass is 32.1. The third kappa shape index (κ3) is 3.75. The van der Waals surface area contributed by atoms with Gasteiger partial charge in [0.15, 0.2) is 0 Å². The second-order valence-electron chi connectivity index (χ2n) is 8.42. The van der Waals surface area contributed by atoms with Crippen molar-refractivity contribution >= 4 is 38.9 Å². The van der Waals surface area contributed by atoms with Crippen LogP contribution in [0.5, 0.6) is 0 Å². The minimum absolute atomic E-state index is 0.0179. The Labute approximate surface area is 186 Å². The van der Waals surface area contributed by atoms with E-state index < -0.39 is 0 Å². The molecule has 0 bridgehead atoms. The molecule has 5 rings (SSSR count). The van der Waals surface area contributed by atoms with Crippen molar-refractivity contribution in [3.63, 3.8) is 0 Å². The molecule has 160 valence electrons. The number of hydrogen-bond donors (Lipinski definition) is 1. The molecule has 2 aliphatic rings. The van der Waals surface area contributed by atoms with E-state index in [-0.39, 0.29) is 17.7 Å². The van der Waals surface area contributed by atoms with Crippen LogP contribution in [0.15, 0.2) is 48.5 Å². The number of fused-ring (bicyclic) bond motifs is 2. The van der Waals surface area contributed by atoms with Crippen molar-refractivity contribution in [2.24, 2.45) is 0 Å². The van der Waals surface area contributed by atoms with Crippen LogP contribution in [0.3, 0.4) is 0 Å². The van der Waals surface area contributed by atoms with Gasteiger partial charge in [0.05, 0.1) is 11.4 Å². The third-order valence-electron chi connectivity index (χ3n) is 6.52. The van der Waals surface area contributed by atoms with Crippen LogP contribution in [0.2, 0.25) is 0 Å². The first-order valence-corrected chi connectivity index (χ1v) is 11.8. The lowest BCUT2D eigenvalue weighted by molar-refractivity contribution is -0.119. The number of likely N-dealkylation sites (tertiary alicyclic amines) is 1. The van der Waals surface area contributed by atoms with Gasteiger partial charge in [0.2, 0.25) is 5.91 Å². The van der Waals surface area contributed by atoms with E-state index in [1.165, 1.54) is 10.9 Å². The quantitative estimate of drug-likeness (QED) is 0.676. The summed E-state index contributed by atoms with van der Waals surface area (Å²) in [6, 6.07) is 16.5. The lowest BCUT2D eigenvalue weighted by atomic mass is 9.95. The molecule has 2 amide bonds. The van der Waals surface area contributed by atoms with E-state index in [1.807, 2.05) is 29.2 Å². The Morgan fingerprint density at radius 2 is 1.90 bits per heavy atom. The molecule has 1 N–H and O–H groups in total. The summed E-state index contributed by atoms with van der Waals surface area (Å²) in [5.74, 6) is 0.426. The van der Waals surface area contributed by atoms with E-state index in [1.54, 1.807) is 18.4 Å². The normalized spacial score (nSPS) is 18.9. The number of aryl methyl sites for hydroxylation is 1. The summed E-state index contributed by atoms with van der Waals surface area (Å²) in [5.41, 5.74) is 3.49. The van der Waals surface area contributed by atoms with Crippen molar-refractivity contribution in [3.8, 4) is 0 Å². The topological polar surface area (TPSA) is 52.7 Å². The van der Waals surface area contributed by atoms with Crippen LogP contribution in [-0.4, -0.2) is 49.9 Å². The predicted octanol–water partition coefficient (Wildman–Crippen LogP) is 4.03. The fraction of sp³-hybridized carbons (Fsp3) is 0.360. The molecule has 3 heterocycles. The molecule has 3 aromatic rings. The van der Waals surface area contributed by atoms with Gasteiger partial charge in [-0.1, -0.05) is 36.4 Å². The highest BCUT2D eigenvalue weighted by Gasteiger charge is 2.32. The van der Waals surface area contributed by atoms with Crippen molar-refractivity contribution in [1.82, 2.24) is 10.2 Å². The van der Waals surface area contributed by atoms with E-state index in [4.69, 9.17) is 0 Å². The number of amides is 2. The summed E-state index contributed by atoms with van der Waals surface area (Å²) < 4.78 is 1.15. The third-order valence-corrected chi connectivity index (χ3v) is 7.70. The number of nitrogens with zero attached hydrogens (tertiary/aromatic N) is 2. The number of carbonyl (C=O) groups excluding carboxylic acids is 2. The van der Waals surface area contributed by atoms with Crippen molar-refractivity contribution in [1.29, 1.82) is 0 Å². The Hall–Kier alpha value is -2.70. The van der Waals surface area contributed by atoms with Crippen LogP contribution in [0.4, 0.5) is 5.69 Å². The molecule has 6 heteroatoms. The smallest absolute Gasteiger partial charge is 0.261 e. The number of anilines is 1. The summed E-state index contributed by atoms with van der Waals surface area (Å²) in [4.78, 5) is 30.8. The minimum atomic E-state index is -0.0179. The van der Waals surface area contributed by atoms with Gasteiger partial charge in [-0.25, -0.2) is 0 Å². The largest absolute Gasteiger partial charge is 0.354 e. The predicted molar refractivity (Wildman–Crippen MR) is 126 cm³/mol. The van der Waals surface area contributed by atoms with Gasteiger partial charge in [0.25, 0.3) is 5.91 Å². The summed E-state index contributed by atoms with van der Waals surface area (Å²) in [6.07, 6.45) is 3.02. The maximum atomic E-state index is 13.2. The number of benzene rings is 2. The first kappa shape index (κ1) is 20.2. The molecule has 5 nitrogen and oxygen atoms in total. The Kier molecular flexibility index (Phi) is 5.50. The molecule has 1 atom stereocenters. The zero-order valence-electron chi connectivity index (χ0n) is 17.8. The Balaban J connectivity index is 1.35. The molecular formula is C25H27N3O2S. The molecule has 0 aliphatic carbocycles. The van der Waals surface area contributed by atoms with E-state index in [9.17, 15) is 9.59 Å². The van der Waals surface area contributed by atoms with Gasteiger partial charge in [0.1, 0.15) is 0 Å². The highest BCUT2D eigenvalue weighted by molar-refractivity contribution is 7.21.